The monoisotopic (exact) mass is 290 g/mol. The highest BCUT2D eigenvalue weighted by molar-refractivity contribution is 5.73. The van der Waals surface area contributed by atoms with E-state index in [-0.39, 0.29) is 12.0 Å². The van der Waals surface area contributed by atoms with Gasteiger partial charge in [0.15, 0.2) is 0 Å². The Morgan fingerprint density at radius 1 is 1.38 bits per heavy atom. The van der Waals surface area contributed by atoms with Crippen LogP contribution >= 0.6 is 0 Å². The lowest BCUT2D eigenvalue weighted by atomic mass is 9.89. The molecule has 0 aliphatic heterocycles. The Morgan fingerprint density at radius 3 is 2.71 bits per heavy atom. The summed E-state index contributed by atoms with van der Waals surface area (Å²) in [4.78, 5) is 10.8. The van der Waals surface area contributed by atoms with Crippen molar-refractivity contribution in [1.82, 2.24) is 19.6 Å². The molecular formula is C14H22N6O. The number of nitrogens with two attached hydrogens (primary N) is 1. The number of hydrogen-bond donors (Lipinski definition) is 2. The van der Waals surface area contributed by atoms with E-state index in [4.69, 9.17) is 5.73 Å². The van der Waals surface area contributed by atoms with Crippen LogP contribution in [0.3, 0.4) is 0 Å². The first-order valence-corrected chi connectivity index (χ1v) is 6.83. The SMILES string of the molecule is Cn1cc(CNc2cnn(CC(N)=O)c2)c(C(C)(C)C)n1. The topological polar surface area (TPSA) is 90.8 Å². The fourth-order valence-electron chi connectivity index (χ4n) is 2.20. The summed E-state index contributed by atoms with van der Waals surface area (Å²) in [6.45, 7) is 7.17. The van der Waals surface area contributed by atoms with E-state index in [9.17, 15) is 4.79 Å². The number of anilines is 1. The van der Waals surface area contributed by atoms with Crippen LogP contribution in [0.25, 0.3) is 0 Å². The van der Waals surface area contributed by atoms with Gasteiger partial charge in [-0.05, 0) is 0 Å². The number of hydrogen-bond acceptors (Lipinski definition) is 4. The summed E-state index contributed by atoms with van der Waals surface area (Å²) in [5.41, 5.74) is 8.20. The van der Waals surface area contributed by atoms with Crippen LogP contribution in [0.15, 0.2) is 18.6 Å². The molecule has 0 bridgehead atoms. The number of carbonyl (C=O) groups is 1. The first-order valence-electron chi connectivity index (χ1n) is 6.83. The number of aryl methyl sites for hydroxylation is 1. The van der Waals surface area contributed by atoms with E-state index in [1.807, 2.05) is 17.9 Å². The van der Waals surface area contributed by atoms with Crippen LogP contribution in [0.5, 0.6) is 0 Å². The average molecular weight is 290 g/mol. The third-order valence-corrected chi connectivity index (χ3v) is 3.05. The van der Waals surface area contributed by atoms with Crippen molar-refractivity contribution < 1.29 is 4.79 Å². The van der Waals surface area contributed by atoms with Gasteiger partial charge in [-0.25, -0.2) is 0 Å². The fourth-order valence-corrected chi connectivity index (χ4v) is 2.20. The average Bonchev–Trinajstić information content (AvgIpc) is 2.91. The van der Waals surface area contributed by atoms with Gasteiger partial charge in [0.05, 0.1) is 17.6 Å². The van der Waals surface area contributed by atoms with E-state index in [0.29, 0.717) is 6.54 Å². The van der Waals surface area contributed by atoms with Crippen molar-refractivity contribution in [2.45, 2.75) is 39.3 Å². The van der Waals surface area contributed by atoms with Crippen molar-refractivity contribution in [3.8, 4) is 0 Å². The molecule has 0 fully saturated rings. The number of primary amides is 1. The predicted octanol–water partition coefficient (Wildman–Crippen LogP) is 1.01. The maximum atomic E-state index is 10.8. The largest absolute Gasteiger partial charge is 0.378 e. The summed E-state index contributed by atoms with van der Waals surface area (Å²) in [6.07, 6.45) is 5.45. The van der Waals surface area contributed by atoms with Gasteiger partial charge in [-0.2, -0.15) is 10.2 Å². The molecule has 7 nitrogen and oxygen atoms in total. The lowest BCUT2D eigenvalue weighted by Gasteiger charge is -2.17. The fraction of sp³-hybridized carbons (Fsp3) is 0.500. The second-order valence-electron chi connectivity index (χ2n) is 6.17. The van der Waals surface area contributed by atoms with Crippen molar-refractivity contribution in [1.29, 1.82) is 0 Å². The third-order valence-electron chi connectivity index (χ3n) is 3.05. The Hall–Kier alpha value is -2.31. The molecule has 7 heteroatoms. The quantitative estimate of drug-likeness (QED) is 0.860. The molecule has 2 aromatic heterocycles. The number of rotatable bonds is 5. The minimum atomic E-state index is -0.410. The number of amides is 1. The van der Waals surface area contributed by atoms with Crippen LogP contribution in [0.2, 0.25) is 0 Å². The number of carbonyl (C=O) groups excluding carboxylic acids is 1. The minimum absolute atomic E-state index is 0.00553. The summed E-state index contributed by atoms with van der Waals surface area (Å²) >= 11 is 0. The van der Waals surface area contributed by atoms with Gasteiger partial charge in [0, 0.05) is 37.0 Å². The second kappa shape index (κ2) is 5.59. The summed E-state index contributed by atoms with van der Waals surface area (Å²) in [6, 6.07) is 0. The van der Waals surface area contributed by atoms with Crippen LogP contribution in [-0.2, 0) is 30.3 Å². The van der Waals surface area contributed by atoms with Crippen molar-refractivity contribution in [3.63, 3.8) is 0 Å². The van der Waals surface area contributed by atoms with Crippen LogP contribution in [0.1, 0.15) is 32.0 Å². The molecule has 0 aliphatic carbocycles. The van der Waals surface area contributed by atoms with Crippen LogP contribution in [-0.4, -0.2) is 25.5 Å². The molecular weight excluding hydrogens is 268 g/mol. The lowest BCUT2D eigenvalue weighted by molar-refractivity contribution is -0.118. The van der Waals surface area contributed by atoms with E-state index in [0.717, 1.165) is 16.9 Å². The molecule has 0 aliphatic rings. The van der Waals surface area contributed by atoms with Crippen molar-refractivity contribution >= 4 is 11.6 Å². The van der Waals surface area contributed by atoms with Crippen LogP contribution in [0.4, 0.5) is 5.69 Å². The van der Waals surface area contributed by atoms with Gasteiger partial charge in [-0.3, -0.25) is 14.2 Å². The zero-order valence-corrected chi connectivity index (χ0v) is 12.9. The predicted molar refractivity (Wildman–Crippen MR) is 80.7 cm³/mol. The molecule has 0 aromatic carbocycles. The number of nitrogens with one attached hydrogen (secondary N) is 1. The Balaban J connectivity index is 2.06. The first-order chi connectivity index (χ1) is 9.75. The van der Waals surface area contributed by atoms with E-state index >= 15 is 0 Å². The zero-order chi connectivity index (χ0) is 15.6. The van der Waals surface area contributed by atoms with Gasteiger partial charge in [0.2, 0.25) is 5.91 Å². The molecule has 0 saturated carbocycles. The Kier molecular flexibility index (Phi) is 4.02. The number of nitrogens with zero attached hydrogens (tertiary/aromatic N) is 4. The third kappa shape index (κ3) is 3.84. The second-order valence-corrected chi connectivity index (χ2v) is 6.17. The molecule has 0 spiro atoms. The van der Waals surface area contributed by atoms with Crippen LogP contribution < -0.4 is 11.1 Å². The molecule has 2 heterocycles. The van der Waals surface area contributed by atoms with Gasteiger partial charge < -0.3 is 11.1 Å². The maximum absolute atomic E-state index is 10.8. The molecule has 0 saturated heterocycles. The van der Waals surface area contributed by atoms with E-state index in [2.05, 4.69) is 36.3 Å². The molecule has 3 N–H and O–H groups in total. The highest BCUT2D eigenvalue weighted by atomic mass is 16.1. The summed E-state index contributed by atoms with van der Waals surface area (Å²) < 4.78 is 3.34. The highest BCUT2D eigenvalue weighted by Crippen LogP contribution is 2.24. The normalized spacial score (nSPS) is 11.6. The molecule has 1 amide bonds. The van der Waals surface area contributed by atoms with E-state index in [1.54, 1.807) is 12.4 Å². The summed E-state index contributed by atoms with van der Waals surface area (Å²) in [5, 5.41) is 11.9. The van der Waals surface area contributed by atoms with Gasteiger partial charge in [-0.1, -0.05) is 20.8 Å². The lowest BCUT2D eigenvalue weighted by Crippen LogP contribution is -2.18. The zero-order valence-electron chi connectivity index (χ0n) is 12.9. The summed E-state index contributed by atoms with van der Waals surface area (Å²) in [7, 11) is 1.92. The molecule has 21 heavy (non-hydrogen) atoms. The smallest absolute Gasteiger partial charge is 0.239 e. The molecule has 2 rings (SSSR count). The number of aromatic nitrogens is 4. The van der Waals surface area contributed by atoms with E-state index in [1.165, 1.54) is 4.68 Å². The van der Waals surface area contributed by atoms with Gasteiger partial charge >= 0.3 is 0 Å². The Labute approximate surface area is 124 Å². The first kappa shape index (κ1) is 15.1. The highest BCUT2D eigenvalue weighted by Gasteiger charge is 2.21. The maximum Gasteiger partial charge on any atom is 0.239 e. The molecule has 0 radical (unpaired) electrons. The Bertz CT molecular complexity index is 634. The van der Waals surface area contributed by atoms with Crippen molar-refractivity contribution in [2.75, 3.05) is 5.32 Å². The van der Waals surface area contributed by atoms with Crippen molar-refractivity contribution in [2.24, 2.45) is 12.8 Å². The van der Waals surface area contributed by atoms with Gasteiger partial charge in [0.25, 0.3) is 0 Å². The van der Waals surface area contributed by atoms with Gasteiger partial charge in [0.1, 0.15) is 6.54 Å². The van der Waals surface area contributed by atoms with Gasteiger partial charge in [-0.15, -0.1) is 0 Å². The van der Waals surface area contributed by atoms with Crippen LogP contribution in [0, 0.1) is 0 Å². The van der Waals surface area contributed by atoms with Crippen molar-refractivity contribution in [3.05, 3.63) is 29.8 Å². The van der Waals surface area contributed by atoms with E-state index < -0.39 is 5.91 Å². The molecule has 114 valence electrons. The Morgan fingerprint density at radius 2 is 2.10 bits per heavy atom. The summed E-state index contributed by atoms with van der Waals surface area (Å²) in [5.74, 6) is -0.410. The molecule has 2 aromatic rings. The molecule has 0 atom stereocenters. The molecule has 0 unspecified atom stereocenters. The standard InChI is InChI=1S/C14H22N6O/c1-14(2,3)13-10(7-19(4)18-13)5-16-11-6-17-20(8-11)9-12(15)21/h6-8,16H,5,9H2,1-4H3,(H2,15,21). The minimum Gasteiger partial charge on any atom is -0.378 e.